The van der Waals surface area contributed by atoms with E-state index in [1.807, 2.05) is 0 Å². The van der Waals surface area contributed by atoms with Crippen molar-refractivity contribution in [3.8, 4) is 0 Å². The largest absolute Gasteiger partial charge is 0.549 e. The van der Waals surface area contributed by atoms with E-state index in [9.17, 15) is 18.3 Å². The molecule has 122 valence electrons. The van der Waals surface area contributed by atoms with Gasteiger partial charge in [0.05, 0.1) is 17.4 Å². The van der Waals surface area contributed by atoms with Gasteiger partial charge in [0.15, 0.2) is 0 Å². The molecule has 2 rings (SSSR count). The second-order valence-corrected chi connectivity index (χ2v) is 7.47. The highest BCUT2D eigenvalue weighted by Gasteiger charge is 2.25. The maximum Gasteiger partial charge on any atom is 0.243 e. The van der Waals surface area contributed by atoms with Crippen molar-refractivity contribution in [3.63, 3.8) is 0 Å². The minimum Gasteiger partial charge on any atom is -0.549 e. The van der Waals surface area contributed by atoms with Crippen LogP contribution < -0.4 is 5.11 Å². The van der Waals surface area contributed by atoms with E-state index in [-0.39, 0.29) is 11.4 Å². The van der Waals surface area contributed by atoms with Crippen LogP contribution in [-0.4, -0.2) is 25.2 Å². The van der Waals surface area contributed by atoms with Crippen LogP contribution in [0.1, 0.15) is 5.56 Å². The Hall–Kier alpha value is -1.60. The molecule has 0 aliphatic heterocycles. The summed E-state index contributed by atoms with van der Waals surface area (Å²) in [5, 5.41) is 11.7. The second kappa shape index (κ2) is 7.31. The van der Waals surface area contributed by atoms with Gasteiger partial charge in [-0.15, -0.1) is 0 Å². The van der Waals surface area contributed by atoms with Gasteiger partial charge in [-0.2, -0.15) is 4.31 Å². The van der Waals surface area contributed by atoms with Gasteiger partial charge in [-0.05, 0) is 35.9 Å². The number of carbonyl (C=O) groups is 1. The van der Waals surface area contributed by atoms with E-state index in [0.29, 0.717) is 15.6 Å². The van der Waals surface area contributed by atoms with Crippen LogP contribution in [-0.2, 0) is 21.4 Å². The summed E-state index contributed by atoms with van der Waals surface area (Å²) >= 11 is 11.8. The van der Waals surface area contributed by atoms with Gasteiger partial charge in [0.1, 0.15) is 0 Å². The number of hydrogen-bond donors (Lipinski definition) is 0. The van der Waals surface area contributed by atoms with Crippen molar-refractivity contribution in [2.75, 3.05) is 6.54 Å². The molecular weight excluding hydrogens is 361 g/mol. The summed E-state index contributed by atoms with van der Waals surface area (Å²) < 4.78 is 26.1. The third kappa shape index (κ3) is 4.45. The Balaban J connectivity index is 2.39. The normalized spacial score (nSPS) is 11.6. The molecule has 0 heterocycles. The third-order valence-corrected chi connectivity index (χ3v) is 5.49. The Labute approximate surface area is 144 Å². The summed E-state index contributed by atoms with van der Waals surface area (Å²) in [6.07, 6.45) is 0. The first-order valence-electron chi connectivity index (χ1n) is 6.49. The molecule has 0 bridgehead atoms. The van der Waals surface area contributed by atoms with Crippen LogP contribution in [0, 0.1) is 0 Å². The van der Waals surface area contributed by atoms with Gasteiger partial charge in [-0.25, -0.2) is 8.42 Å². The van der Waals surface area contributed by atoms with Crippen LogP contribution in [0.2, 0.25) is 10.0 Å². The summed E-state index contributed by atoms with van der Waals surface area (Å²) in [5.41, 5.74) is 0.493. The molecule has 0 atom stereocenters. The molecule has 0 aliphatic carbocycles. The first-order valence-corrected chi connectivity index (χ1v) is 8.69. The Bertz CT molecular complexity index is 806. The van der Waals surface area contributed by atoms with Gasteiger partial charge >= 0.3 is 0 Å². The maximum atomic E-state index is 12.6. The lowest BCUT2D eigenvalue weighted by molar-refractivity contribution is -0.305. The van der Waals surface area contributed by atoms with E-state index in [1.54, 1.807) is 24.3 Å². The van der Waals surface area contributed by atoms with Gasteiger partial charge in [-0.3, -0.25) is 0 Å². The Morgan fingerprint density at radius 2 is 1.65 bits per heavy atom. The van der Waals surface area contributed by atoms with Gasteiger partial charge in [0.25, 0.3) is 0 Å². The van der Waals surface area contributed by atoms with Gasteiger partial charge in [-0.1, -0.05) is 41.4 Å². The van der Waals surface area contributed by atoms with E-state index in [0.717, 1.165) is 4.31 Å². The molecule has 0 saturated heterocycles. The highest BCUT2D eigenvalue weighted by molar-refractivity contribution is 7.89. The Kier molecular flexibility index (Phi) is 5.64. The fourth-order valence-corrected chi connectivity index (χ4v) is 3.63. The molecule has 23 heavy (non-hydrogen) atoms. The molecule has 5 nitrogen and oxygen atoms in total. The lowest BCUT2D eigenvalue weighted by Crippen LogP contribution is -2.41. The SMILES string of the molecule is O=C([O-])CN(Cc1ccccc1Cl)S(=O)(=O)c1ccc(Cl)cc1. The van der Waals surface area contributed by atoms with Crippen LogP contribution in [0.5, 0.6) is 0 Å². The Morgan fingerprint density at radius 3 is 2.22 bits per heavy atom. The topological polar surface area (TPSA) is 77.5 Å². The predicted octanol–water partition coefficient (Wildman–Crippen LogP) is 1.93. The molecule has 0 fully saturated rings. The van der Waals surface area contributed by atoms with Crippen molar-refractivity contribution in [1.29, 1.82) is 0 Å². The second-order valence-electron chi connectivity index (χ2n) is 4.69. The number of benzene rings is 2. The van der Waals surface area contributed by atoms with E-state index in [4.69, 9.17) is 23.2 Å². The summed E-state index contributed by atoms with van der Waals surface area (Å²) in [5.74, 6) is -1.51. The average Bonchev–Trinajstić information content (AvgIpc) is 2.48. The average molecular weight is 373 g/mol. The first kappa shape index (κ1) is 17.7. The number of carbonyl (C=O) groups excluding carboxylic acids is 1. The number of carboxylic acids is 1. The molecule has 0 aliphatic rings. The Morgan fingerprint density at radius 1 is 1.04 bits per heavy atom. The fraction of sp³-hybridized carbons (Fsp3) is 0.133. The number of nitrogens with zero attached hydrogens (tertiary/aromatic N) is 1. The van der Waals surface area contributed by atoms with Crippen LogP contribution in [0.25, 0.3) is 0 Å². The number of halogens is 2. The summed E-state index contributed by atoms with van der Waals surface area (Å²) in [7, 11) is -4.03. The van der Waals surface area contributed by atoms with Crippen molar-refractivity contribution in [2.45, 2.75) is 11.4 Å². The standard InChI is InChI=1S/C15H13Cl2NO4S/c16-12-5-7-13(8-6-12)23(21,22)18(10-15(19)20)9-11-3-1-2-4-14(11)17/h1-8H,9-10H2,(H,19,20)/p-1. The minimum atomic E-state index is -4.03. The van der Waals surface area contributed by atoms with Gasteiger partial charge < -0.3 is 9.90 Å². The molecule has 2 aromatic rings. The minimum absolute atomic E-state index is 0.0600. The summed E-state index contributed by atoms with van der Waals surface area (Å²) in [6, 6.07) is 12.1. The smallest absolute Gasteiger partial charge is 0.243 e. The summed E-state index contributed by atoms with van der Waals surface area (Å²) in [4.78, 5) is 10.9. The van der Waals surface area contributed by atoms with Gasteiger partial charge in [0, 0.05) is 16.6 Å². The van der Waals surface area contributed by atoms with Crippen molar-refractivity contribution in [3.05, 3.63) is 64.1 Å². The van der Waals surface area contributed by atoms with Crippen molar-refractivity contribution in [2.24, 2.45) is 0 Å². The van der Waals surface area contributed by atoms with E-state index < -0.39 is 22.5 Å². The monoisotopic (exact) mass is 372 g/mol. The molecule has 0 saturated carbocycles. The number of carboxylic acid groups (broad SMARTS) is 1. The molecule has 0 amide bonds. The quantitative estimate of drug-likeness (QED) is 0.775. The van der Waals surface area contributed by atoms with Crippen molar-refractivity contribution >= 4 is 39.2 Å². The number of aliphatic carboxylic acids is 1. The van der Waals surface area contributed by atoms with E-state index >= 15 is 0 Å². The zero-order valence-electron chi connectivity index (χ0n) is 11.8. The zero-order chi connectivity index (χ0) is 17.0. The molecule has 2 aromatic carbocycles. The number of sulfonamides is 1. The fourth-order valence-electron chi connectivity index (χ4n) is 1.94. The van der Waals surface area contributed by atoms with Crippen LogP contribution in [0.4, 0.5) is 0 Å². The molecule has 0 radical (unpaired) electrons. The predicted molar refractivity (Wildman–Crippen MR) is 85.5 cm³/mol. The van der Waals surface area contributed by atoms with Crippen LogP contribution in [0.15, 0.2) is 53.4 Å². The molecule has 0 unspecified atom stereocenters. The maximum absolute atomic E-state index is 12.6. The number of hydrogen-bond acceptors (Lipinski definition) is 4. The third-order valence-electron chi connectivity index (χ3n) is 3.06. The highest BCUT2D eigenvalue weighted by Crippen LogP contribution is 2.23. The molecule has 0 aromatic heterocycles. The van der Waals surface area contributed by atoms with E-state index in [1.165, 1.54) is 24.3 Å². The van der Waals surface area contributed by atoms with Gasteiger partial charge in [0.2, 0.25) is 10.0 Å². The number of rotatable bonds is 6. The highest BCUT2D eigenvalue weighted by atomic mass is 35.5. The van der Waals surface area contributed by atoms with Crippen molar-refractivity contribution < 1.29 is 18.3 Å². The molecular formula is C15H12Cl2NO4S-. The zero-order valence-corrected chi connectivity index (χ0v) is 14.1. The lowest BCUT2D eigenvalue weighted by atomic mass is 10.2. The summed E-state index contributed by atoms with van der Waals surface area (Å²) in [6.45, 7) is -0.963. The van der Waals surface area contributed by atoms with Crippen molar-refractivity contribution in [1.82, 2.24) is 4.31 Å². The molecule has 8 heteroatoms. The molecule has 0 N–H and O–H groups in total. The first-order chi connectivity index (χ1) is 10.8. The van der Waals surface area contributed by atoms with Crippen LogP contribution >= 0.6 is 23.2 Å². The molecule has 0 spiro atoms. The van der Waals surface area contributed by atoms with Crippen LogP contribution in [0.3, 0.4) is 0 Å². The van der Waals surface area contributed by atoms with E-state index in [2.05, 4.69) is 0 Å². The lowest BCUT2D eigenvalue weighted by Gasteiger charge is -2.23.